The third-order valence-electron chi connectivity index (χ3n) is 2.08. The van der Waals surface area contributed by atoms with E-state index in [0.717, 1.165) is 6.92 Å². The average Bonchev–Trinajstić information content (AvgIpc) is 2.15. The number of nitrogens with zero attached hydrogens (tertiary/aromatic N) is 1. The van der Waals surface area contributed by atoms with Crippen LogP contribution in [-0.4, -0.2) is 15.7 Å². The van der Waals surface area contributed by atoms with Crippen LogP contribution in [-0.2, 0) is 0 Å². The highest BCUT2D eigenvalue weighted by atomic mass is 79.9. The second-order valence-corrected chi connectivity index (χ2v) is 4.39. The van der Waals surface area contributed by atoms with E-state index in [1.807, 2.05) is 0 Å². The van der Waals surface area contributed by atoms with Crippen molar-refractivity contribution in [3.05, 3.63) is 30.1 Å². The van der Waals surface area contributed by atoms with Gasteiger partial charge in [-0.2, -0.15) is 0 Å². The van der Waals surface area contributed by atoms with Gasteiger partial charge in [0.05, 0.1) is 4.83 Å². The second-order valence-electron chi connectivity index (χ2n) is 3.40. The number of rotatable bonds is 3. The summed E-state index contributed by atoms with van der Waals surface area (Å²) in [5.74, 6) is -3.05. The lowest BCUT2D eigenvalue weighted by Gasteiger charge is -2.23. The first-order valence-electron chi connectivity index (χ1n) is 4.35. The Labute approximate surface area is 90.7 Å². The van der Waals surface area contributed by atoms with Crippen molar-refractivity contribution in [2.75, 3.05) is 0 Å². The zero-order valence-corrected chi connectivity index (χ0v) is 9.63. The van der Waals surface area contributed by atoms with E-state index in [1.54, 1.807) is 31.3 Å². The summed E-state index contributed by atoms with van der Waals surface area (Å²) >= 11 is 3.01. The standard InChI is InChI=1S/C10H12BrF2N/c1-7(9(11)10(2,12)13)8-5-3-4-6-14-8/h3-7,9H,1-2H3. The zero-order valence-electron chi connectivity index (χ0n) is 8.05. The summed E-state index contributed by atoms with van der Waals surface area (Å²) in [6.07, 6.45) is 1.61. The van der Waals surface area contributed by atoms with E-state index in [4.69, 9.17) is 0 Å². The lowest BCUT2D eigenvalue weighted by atomic mass is 9.99. The van der Waals surface area contributed by atoms with E-state index in [2.05, 4.69) is 20.9 Å². The number of aromatic nitrogens is 1. The zero-order chi connectivity index (χ0) is 10.8. The summed E-state index contributed by atoms with van der Waals surface area (Å²) in [5.41, 5.74) is 0.677. The van der Waals surface area contributed by atoms with Gasteiger partial charge in [-0.3, -0.25) is 4.98 Å². The number of pyridine rings is 1. The van der Waals surface area contributed by atoms with Crippen molar-refractivity contribution in [3.8, 4) is 0 Å². The predicted octanol–water partition coefficient (Wildman–Crippen LogP) is 3.60. The summed E-state index contributed by atoms with van der Waals surface area (Å²) in [4.78, 5) is 3.17. The number of alkyl halides is 3. The van der Waals surface area contributed by atoms with Gasteiger partial charge in [0.1, 0.15) is 0 Å². The first kappa shape index (κ1) is 11.6. The van der Waals surface area contributed by atoms with Gasteiger partial charge >= 0.3 is 0 Å². The van der Waals surface area contributed by atoms with Crippen molar-refractivity contribution in [2.24, 2.45) is 0 Å². The quantitative estimate of drug-likeness (QED) is 0.760. The molecule has 0 amide bonds. The Balaban J connectivity index is 2.81. The van der Waals surface area contributed by atoms with E-state index < -0.39 is 10.7 Å². The normalized spacial score (nSPS) is 16.4. The van der Waals surface area contributed by atoms with Crippen LogP contribution >= 0.6 is 15.9 Å². The van der Waals surface area contributed by atoms with Gasteiger partial charge in [-0.15, -0.1) is 0 Å². The van der Waals surface area contributed by atoms with Gasteiger partial charge in [0.2, 0.25) is 0 Å². The minimum absolute atomic E-state index is 0.309. The summed E-state index contributed by atoms with van der Waals surface area (Å²) in [6.45, 7) is 2.64. The van der Waals surface area contributed by atoms with E-state index in [9.17, 15) is 8.78 Å². The average molecular weight is 264 g/mol. The van der Waals surface area contributed by atoms with Crippen molar-refractivity contribution in [3.63, 3.8) is 0 Å². The van der Waals surface area contributed by atoms with Crippen LogP contribution in [0, 0.1) is 0 Å². The molecule has 0 aliphatic carbocycles. The molecule has 0 spiro atoms. The minimum atomic E-state index is -2.74. The molecule has 0 N–H and O–H groups in total. The van der Waals surface area contributed by atoms with Gasteiger partial charge in [0.15, 0.2) is 0 Å². The highest BCUT2D eigenvalue weighted by Gasteiger charge is 2.36. The molecule has 1 rings (SSSR count). The van der Waals surface area contributed by atoms with E-state index in [0.29, 0.717) is 5.69 Å². The van der Waals surface area contributed by atoms with Crippen LogP contribution in [0.15, 0.2) is 24.4 Å². The lowest BCUT2D eigenvalue weighted by molar-refractivity contribution is 0.0159. The summed E-state index contributed by atoms with van der Waals surface area (Å²) in [7, 11) is 0. The van der Waals surface area contributed by atoms with Crippen molar-refractivity contribution >= 4 is 15.9 Å². The first-order valence-corrected chi connectivity index (χ1v) is 5.27. The highest BCUT2D eigenvalue weighted by molar-refractivity contribution is 9.09. The molecule has 1 heterocycles. The fourth-order valence-corrected chi connectivity index (χ4v) is 1.51. The molecule has 2 unspecified atom stereocenters. The summed E-state index contributed by atoms with van der Waals surface area (Å²) in [5, 5.41) is 0. The molecule has 0 aliphatic heterocycles. The molecule has 1 nitrogen and oxygen atoms in total. The molecule has 0 bridgehead atoms. The summed E-state index contributed by atoms with van der Waals surface area (Å²) < 4.78 is 26.0. The number of hydrogen-bond donors (Lipinski definition) is 0. The van der Waals surface area contributed by atoms with E-state index in [1.165, 1.54) is 0 Å². The molecule has 1 aromatic rings. The van der Waals surface area contributed by atoms with Gasteiger partial charge < -0.3 is 0 Å². The smallest absolute Gasteiger partial charge is 0.258 e. The van der Waals surface area contributed by atoms with Crippen molar-refractivity contribution in [1.82, 2.24) is 4.98 Å². The molecule has 0 aliphatic rings. The molecule has 0 radical (unpaired) electrons. The Morgan fingerprint density at radius 2 is 2.07 bits per heavy atom. The van der Waals surface area contributed by atoms with Crippen LogP contribution in [0.3, 0.4) is 0 Å². The van der Waals surface area contributed by atoms with Crippen LogP contribution in [0.4, 0.5) is 8.78 Å². The molecule has 0 saturated carbocycles. The molecule has 0 aromatic carbocycles. The van der Waals surface area contributed by atoms with Gasteiger partial charge in [0.25, 0.3) is 5.92 Å². The monoisotopic (exact) mass is 263 g/mol. The Bertz CT molecular complexity index is 284. The number of halogens is 3. The highest BCUT2D eigenvalue weighted by Crippen LogP contribution is 2.34. The molecule has 14 heavy (non-hydrogen) atoms. The Hall–Kier alpha value is -0.510. The maximum absolute atomic E-state index is 13.0. The van der Waals surface area contributed by atoms with Crippen LogP contribution in [0.1, 0.15) is 25.5 Å². The van der Waals surface area contributed by atoms with Crippen LogP contribution < -0.4 is 0 Å². The Morgan fingerprint density at radius 1 is 1.43 bits per heavy atom. The molecular formula is C10H12BrF2N. The van der Waals surface area contributed by atoms with Crippen LogP contribution in [0.2, 0.25) is 0 Å². The molecule has 4 heteroatoms. The largest absolute Gasteiger partial charge is 0.261 e. The summed E-state index contributed by atoms with van der Waals surface area (Å²) in [6, 6.07) is 5.32. The molecule has 0 fully saturated rings. The van der Waals surface area contributed by atoms with Crippen molar-refractivity contribution in [1.29, 1.82) is 0 Å². The predicted molar refractivity (Wildman–Crippen MR) is 56.0 cm³/mol. The van der Waals surface area contributed by atoms with Gasteiger partial charge in [-0.1, -0.05) is 28.9 Å². The number of hydrogen-bond acceptors (Lipinski definition) is 1. The second kappa shape index (κ2) is 4.34. The topological polar surface area (TPSA) is 12.9 Å². The third-order valence-corrected chi connectivity index (χ3v) is 3.67. The van der Waals surface area contributed by atoms with Crippen molar-refractivity contribution in [2.45, 2.75) is 30.5 Å². The fraction of sp³-hybridized carbons (Fsp3) is 0.500. The van der Waals surface area contributed by atoms with Gasteiger partial charge in [-0.05, 0) is 12.1 Å². The SMILES string of the molecule is CC(c1ccccn1)C(Br)C(C)(F)F. The Morgan fingerprint density at radius 3 is 2.50 bits per heavy atom. The lowest BCUT2D eigenvalue weighted by Crippen LogP contribution is -2.29. The van der Waals surface area contributed by atoms with Gasteiger partial charge in [-0.25, -0.2) is 8.78 Å². The van der Waals surface area contributed by atoms with Crippen LogP contribution in [0.25, 0.3) is 0 Å². The van der Waals surface area contributed by atoms with Gasteiger partial charge in [0, 0.05) is 24.7 Å². The van der Waals surface area contributed by atoms with E-state index in [-0.39, 0.29) is 5.92 Å². The maximum Gasteiger partial charge on any atom is 0.258 e. The molecular weight excluding hydrogens is 252 g/mol. The molecule has 1 aromatic heterocycles. The van der Waals surface area contributed by atoms with E-state index >= 15 is 0 Å². The minimum Gasteiger partial charge on any atom is -0.261 e. The molecule has 2 atom stereocenters. The fourth-order valence-electron chi connectivity index (χ4n) is 1.23. The Kier molecular flexibility index (Phi) is 3.59. The van der Waals surface area contributed by atoms with Crippen molar-refractivity contribution < 1.29 is 8.78 Å². The maximum atomic E-state index is 13.0. The van der Waals surface area contributed by atoms with Crippen LogP contribution in [0.5, 0.6) is 0 Å². The third kappa shape index (κ3) is 2.74. The molecule has 78 valence electrons. The first-order chi connectivity index (χ1) is 6.43. The molecule has 0 saturated heterocycles.